The van der Waals surface area contributed by atoms with Gasteiger partial charge in [0.2, 0.25) is 0 Å². The minimum atomic E-state index is 0.106. The van der Waals surface area contributed by atoms with E-state index >= 15 is 0 Å². The molecule has 4 nitrogen and oxygen atoms in total. The Labute approximate surface area is 108 Å². The largest absolute Gasteiger partial charge is 0.383 e. The topological polar surface area (TPSA) is 43.3 Å². The van der Waals surface area contributed by atoms with Crippen molar-refractivity contribution in [2.45, 2.75) is 38.8 Å². The number of nitrogens with one attached hydrogen (secondary N) is 1. The summed E-state index contributed by atoms with van der Waals surface area (Å²) in [5.74, 6) is 0. The molecule has 0 radical (unpaired) electrons. The molecule has 2 rings (SSSR count). The average molecular weight is 250 g/mol. The maximum atomic E-state index is 12.0. The summed E-state index contributed by atoms with van der Waals surface area (Å²) in [5, 5.41) is 3.37. The van der Waals surface area contributed by atoms with E-state index in [1.807, 2.05) is 10.6 Å². The minimum absolute atomic E-state index is 0.106. The summed E-state index contributed by atoms with van der Waals surface area (Å²) in [7, 11) is 1.70. The second kappa shape index (κ2) is 6.16. The van der Waals surface area contributed by atoms with Gasteiger partial charge in [-0.15, -0.1) is 0 Å². The van der Waals surface area contributed by atoms with Crippen LogP contribution in [-0.4, -0.2) is 30.9 Å². The lowest BCUT2D eigenvalue weighted by molar-refractivity contribution is 0.158. The molecule has 18 heavy (non-hydrogen) atoms. The zero-order valence-electron chi connectivity index (χ0n) is 11.2. The maximum absolute atomic E-state index is 12.0. The Balaban J connectivity index is 2.22. The van der Waals surface area contributed by atoms with Gasteiger partial charge in [0.25, 0.3) is 5.56 Å². The number of hydrogen-bond donors (Lipinski definition) is 1. The highest BCUT2D eigenvalue weighted by atomic mass is 16.5. The highest BCUT2D eigenvalue weighted by Gasteiger charge is 2.18. The molecule has 1 aromatic heterocycles. The van der Waals surface area contributed by atoms with Gasteiger partial charge < -0.3 is 14.6 Å². The Bertz CT molecular complexity index is 448. The first-order valence-electron chi connectivity index (χ1n) is 6.70. The summed E-state index contributed by atoms with van der Waals surface area (Å²) >= 11 is 0. The molecule has 0 saturated heterocycles. The Kier molecular flexibility index (Phi) is 4.55. The van der Waals surface area contributed by atoms with Crippen molar-refractivity contribution >= 4 is 0 Å². The third kappa shape index (κ3) is 2.82. The monoisotopic (exact) mass is 250 g/mol. The van der Waals surface area contributed by atoms with Gasteiger partial charge in [-0.3, -0.25) is 4.79 Å². The summed E-state index contributed by atoms with van der Waals surface area (Å²) in [4.78, 5) is 12.0. The van der Waals surface area contributed by atoms with Gasteiger partial charge in [-0.2, -0.15) is 0 Å². The highest BCUT2D eigenvalue weighted by Crippen LogP contribution is 2.19. The van der Waals surface area contributed by atoms with E-state index in [9.17, 15) is 4.79 Å². The lowest BCUT2D eigenvalue weighted by Gasteiger charge is -2.20. The number of hydrogen-bond acceptors (Lipinski definition) is 3. The highest BCUT2D eigenvalue weighted by molar-refractivity contribution is 5.25. The van der Waals surface area contributed by atoms with Crippen molar-refractivity contribution in [2.24, 2.45) is 0 Å². The molecule has 1 heterocycles. The van der Waals surface area contributed by atoms with Gasteiger partial charge in [0.05, 0.1) is 6.61 Å². The molecular weight excluding hydrogens is 228 g/mol. The number of ether oxygens (including phenoxy) is 1. The number of pyridine rings is 1. The minimum Gasteiger partial charge on any atom is -0.383 e. The number of methoxy groups -OCH3 is 1. The maximum Gasteiger partial charge on any atom is 0.250 e. The van der Waals surface area contributed by atoms with Gasteiger partial charge in [-0.05, 0) is 31.4 Å². The number of aromatic nitrogens is 1. The lowest BCUT2D eigenvalue weighted by Crippen LogP contribution is -2.40. The number of likely N-dealkylation sites (N-methyl/N-ethyl adjacent to an activating group) is 1. The zero-order chi connectivity index (χ0) is 13.0. The molecular formula is C14H22N2O2. The van der Waals surface area contributed by atoms with Crippen molar-refractivity contribution in [2.75, 3.05) is 20.3 Å². The van der Waals surface area contributed by atoms with Crippen molar-refractivity contribution in [1.29, 1.82) is 0 Å². The van der Waals surface area contributed by atoms with Crippen LogP contribution in [0.4, 0.5) is 0 Å². The van der Waals surface area contributed by atoms with Gasteiger partial charge in [0.1, 0.15) is 0 Å². The third-order valence-electron chi connectivity index (χ3n) is 3.51. The predicted octanol–water partition coefficient (Wildman–Crippen LogP) is 0.961. The van der Waals surface area contributed by atoms with Gasteiger partial charge in [0, 0.05) is 31.5 Å². The van der Waals surface area contributed by atoms with Crippen molar-refractivity contribution in [3.8, 4) is 0 Å². The van der Waals surface area contributed by atoms with Crippen molar-refractivity contribution < 1.29 is 4.74 Å². The van der Waals surface area contributed by atoms with Crippen molar-refractivity contribution in [1.82, 2.24) is 9.88 Å². The van der Waals surface area contributed by atoms with Crippen molar-refractivity contribution in [3.63, 3.8) is 0 Å². The molecule has 1 aromatic rings. The lowest BCUT2D eigenvalue weighted by atomic mass is 10.2. The number of aryl methyl sites for hydroxylation is 1. The molecule has 0 fully saturated rings. The van der Waals surface area contributed by atoms with E-state index in [1.165, 1.54) is 11.3 Å². The van der Waals surface area contributed by atoms with Crippen LogP contribution in [0.25, 0.3) is 0 Å². The van der Waals surface area contributed by atoms with Crippen LogP contribution < -0.4 is 10.9 Å². The summed E-state index contributed by atoms with van der Waals surface area (Å²) < 4.78 is 7.14. The summed E-state index contributed by atoms with van der Waals surface area (Å²) in [6, 6.07) is 3.88. The molecule has 1 aliphatic rings. The van der Waals surface area contributed by atoms with Crippen LogP contribution in [0.1, 0.15) is 24.6 Å². The van der Waals surface area contributed by atoms with E-state index in [0.717, 1.165) is 25.8 Å². The summed E-state index contributed by atoms with van der Waals surface area (Å²) in [5.41, 5.74) is 2.67. The SMILES string of the molecule is CCNC(COC)Cn1c2c(ccc1=O)CCC2. The third-order valence-corrected chi connectivity index (χ3v) is 3.51. The first-order chi connectivity index (χ1) is 8.76. The van der Waals surface area contributed by atoms with Gasteiger partial charge in [-0.25, -0.2) is 0 Å². The molecule has 0 amide bonds. The second-order valence-electron chi connectivity index (χ2n) is 4.82. The molecule has 0 bridgehead atoms. The number of nitrogens with zero attached hydrogens (tertiary/aromatic N) is 1. The Hall–Kier alpha value is -1.13. The van der Waals surface area contributed by atoms with Crippen LogP contribution >= 0.6 is 0 Å². The van der Waals surface area contributed by atoms with E-state index < -0.39 is 0 Å². The van der Waals surface area contributed by atoms with E-state index in [4.69, 9.17) is 4.74 Å². The van der Waals surface area contributed by atoms with Crippen LogP contribution in [0.15, 0.2) is 16.9 Å². The van der Waals surface area contributed by atoms with Crippen LogP contribution in [0.2, 0.25) is 0 Å². The molecule has 1 unspecified atom stereocenters. The first-order valence-corrected chi connectivity index (χ1v) is 6.70. The second-order valence-corrected chi connectivity index (χ2v) is 4.82. The molecule has 100 valence electrons. The summed E-state index contributed by atoms with van der Waals surface area (Å²) in [6.07, 6.45) is 3.29. The Morgan fingerprint density at radius 3 is 3.00 bits per heavy atom. The molecule has 0 spiro atoms. The quantitative estimate of drug-likeness (QED) is 0.818. The molecule has 4 heteroatoms. The van der Waals surface area contributed by atoms with E-state index in [2.05, 4.69) is 12.2 Å². The fourth-order valence-electron chi connectivity index (χ4n) is 2.72. The molecule has 1 atom stereocenters. The van der Waals surface area contributed by atoms with E-state index in [-0.39, 0.29) is 11.6 Å². The van der Waals surface area contributed by atoms with Gasteiger partial charge >= 0.3 is 0 Å². The number of rotatable bonds is 6. The van der Waals surface area contributed by atoms with Crippen LogP contribution in [0, 0.1) is 0 Å². The van der Waals surface area contributed by atoms with Gasteiger partial charge in [0.15, 0.2) is 0 Å². The standard InChI is InChI=1S/C14H22N2O2/c1-3-15-12(10-18-2)9-16-13-6-4-5-11(13)7-8-14(16)17/h7-8,12,15H,3-6,9-10H2,1-2H3. The summed E-state index contributed by atoms with van der Waals surface area (Å²) in [6.45, 7) is 4.28. The average Bonchev–Trinajstić information content (AvgIpc) is 2.82. The Morgan fingerprint density at radius 2 is 2.28 bits per heavy atom. The van der Waals surface area contributed by atoms with Crippen molar-refractivity contribution in [3.05, 3.63) is 33.7 Å². The zero-order valence-corrected chi connectivity index (χ0v) is 11.2. The van der Waals surface area contributed by atoms with E-state index in [1.54, 1.807) is 13.2 Å². The smallest absolute Gasteiger partial charge is 0.250 e. The van der Waals surface area contributed by atoms with Crippen LogP contribution in [-0.2, 0) is 24.1 Å². The Morgan fingerprint density at radius 1 is 1.44 bits per heavy atom. The molecule has 1 N–H and O–H groups in total. The number of fused-ring (bicyclic) bond motifs is 1. The fraction of sp³-hybridized carbons (Fsp3) is 0.643. The molecule has 0 aliphatic heterocycles. The molecule has 0 saturated carbocycles. The van der Waals surface area contributed by atoms with E-state index in [0.29, 0.717) is 13.2 Å². The van der Waals surface area contributed by atoms with Crippen LogP contribution in [0.5, 0.6) is 0 Å². The van der Waals surface area contributed by atoms with Crippen LogP contribution in [0.3, 0.4) is 0 Å². The fourth-order valence-corrected chi connectivity index (χ4v) is 2.72. The first kappa shape index (κ1) is 13.3. The molecule has 1 aliphatic carbocycles. The predicted molar refractivity (Wildman–Crippen MR) is 72.1 cm³/mol. The normalized spacial score (nSPS) is 15.7. The molecule has 0 aromatic carbocycles. The van der Waals surface area contributed by atoms with Gasteiger partial charge in [-0.1, -0.05) is 13.0 Å².